The average Bonchev–Trinajstić information content (AvgIpc) is 2.74. The lowest BCUT2D eigenvalue weighted by Gasteiger charge is -2.03. The molecular formula is C12H10Cl2N2O4. The Balaban J connectivity index is 2.56. The van der Waals surface area contributed by atoms with Gasteiger partial charge in [-0.25, -0.2) is 10.3 Å². The van der Waals surface area contributed by atoms with E-state index in [1.54, 1.807) is 6.07 Å². The number of hydroxylamine groups is 1. The van der Waals surface area contributed by atoms with Gasteiger partial charge >= 0.3 is 5.97 Å². The van der Waals surface area contributed by atoms with Crippen LogP contribution in [0.1, 0.15) is 22.5 Å². The van der Waals surface area contributed by atoms with Crippen molar-refractivity contribution in [3.63, 3.8) is 0 Å². The van der Waals surface area contributed by atoms with Gasteiger partial charge in [-0.1, -0.05) is 23.2 Å². The molecule has 2 rings (SSSR count). The van der Waals surface area contributed by atoms with Crippen LogP contribution >= 0.6 is 23.2 Å². The zero-order valence-corrected chi connectivity index (χ0v) is 11.5. The van der Waals surface area contributed by atoms with Crippen molar-refractivity contribution >= 4 is 46.0 Å². The van der Waals surface area contributed by atoms with Gasteiger partial charge in [0, 0.05) is 22.3 Å². The van der Waals surface area contributed by atoms with Crippen molar-refractivity contribution in [3.05, 3.63) is 33.4 Å². The van der Waals surface area contributed by atoms with Crippen LogP contribution in [0.15, 0.2) is 12.1 Å². The van der Waals surface area contributed by atoms with Gasteiger partial charge in [0.15, 0.2) is 0 Å². The Hall–Kier alpha value is -1.76. The van der Waals surface area contributed by atoms with Crippen molar-refractivity contribution in [2.75, 3.05) is 0 Å². The van der Waals surface area contributed by atoms with E-state index in [1.807, 2.05) is 0 Å². The van der Waals surface area contributed by atoms with Gasteiger partial charge in [0.2, 0.25) is 5.91 Å². The van der Waals surface area contributed by atoms with Crippen molar-refractivity contribution < 1.29 is 19.9 Å². The number of carboxylic acid groups (broad SMARTS) is 1. The summed E-state index contributed by atoms with van der Waals surface area (Å²) in [7, 11) is 0. The van der Waals surface area contributed by atoms with Crippen LogP contribution in [0, 0.1) is 0 Å². The van der Waals surface area contributed by atoms with Crippen LogP contribution in [-0.2, 0) is 11.2 Å². The molecule has 4 N–H and O–H groups in total. The molecular weight excluding hydrogens is 307 g/mol. The predicted octanol–water partition coefficient (Wildman–Crippen LogP) is 2.61. The number of fused-ring (bicyclic) bond motifs is 1. The fraction of sp³-hybridized carbons (Fsp3) is 0.167. The summed E-state index contributed by atoms with van der Waals surface area (Å²) in [5, 5.41) is 18.9. The maximum absolute atomic E-state index is 11.2. The smallest absolute Gasteiger partial charge is 0.352 e. The van der Waals surface area contributed by atoms with Crippen LogP contribution in [0.2, 0.25) is 10.0 Å². The van der Waals surface area contributed by atoms with E-state index in [0.29, 0.717) is 26.5 Å². The Labute approximate surface area is 123 Å². The lowest BCUT2D eigenvalue weighted by Crippen LogP contribution is -2.19. The lowest BCUT2D eigenvalue weighted by molar-refractivity contribution is -0.129. The molecule has 0 atom stereocenters. The maximum atomic E-state index is 11.2. The van der Waals surface area contributed by atoms with Gasteiger partial charge in [-0.15, -0.1) is 0 Å². The number of carbonyl (C=O) groups excluding carboxylic acids is 1. The van der Waals surface area contributed by atoms with E-state index >= 15 is 0 Å². The molecule has 20 heavy (non-hydrogen) atoms. The summed E-state index contributed by atoms with van der Waals surface area (Å²) in [6.07, 6.45) is 0.0536. The van der Waals surface area contributed by atoms with Crippen LogP contribution in [0.25, 0.3) is 10.9 Å². The van der Waals surface area contributed by atoms with E-state index in [1.165, 1.54) is 11.5 Å². The van der Waals surface area contributed by atoms with Crippen LogP contribution < -0.4 is 5.48 Å². The van der Waals surface area contributed by atoms with E-state index in [-0.39, 0.29) is 18.5 Å². The van der Waals surface area contributed by atoms with Gasteiger partial charge in [0.1, 0.15) is 5.69 Å². The number of nitrogens with one attached hydrogen (secondary N) is 2. The van der Waals surface area contributed by atoms with Gasteiger partial charge in [-0.3, -0.25) is 10.0 Å². The summed E-state index contributed by atoms with van der Waals surface area (Å²) in [4.78, 5) is 25.1. The largest absolute Gasteiger partial charge is 0.477 e. The third-order valence-corrected chi connectivity index (χ3v) is 3.38. The van der Waals surface area contributed by atoms with E-state index in [4.69, 9.17) is 28.4 Å². The molecule has 0 aliphatic heterocycles. The van der Waals surface area contributed by atoms with Crippen LogP contribution in [0.5, 0.6) is 0 Å². The first kappa shape index (κ1) is 14.6. The molecule has 1 aromatic carbocycles. The minimum atomic E-state index is -1.16. The fourth-order valence-corrected chi connectivity index (χ4v) is 2.65. The summed E-state index contributed by atoms with van der Waals surface area (Å²) in [6, 6.07) is 3.06. The number of amides is 1. The number of aromatic amines is 1. The monoisotopic (exact) mass is 316 g/mol. The second-order valence-corrected chi connectivity index (χ2v) is 4.97. The van der Waals surface area contributed by atoms with E-state index in [2.05, 4.69) is 4.98 Å². The summed E-state index contributed by atoms with van der Waals surface area (Å²) < 4.78 is 0. The third kappa shape index (κ3) is 2.72. The van der Waals surface area contributed by atoms with E-state index in [0.717, 1.165) is 0 Å². The number of H-pyrrole nitrogens is 1. The van der Waals surface area contributed by atoms with Crippen LogP contribution in [-0.4, -0.2) is 27.2 Å². The van der Waals surface area contributed by atoms with Crippen molar-refractivity contribution in [1.29, 1.82) is 0 Å². The number of hydrogen-bond acceptors (Lipinski definition) is 3. The second kappa shape index (κ2) is 5.70. The standard InChI is InChI=1S/C12H10Cl2N2O4/c13-5-3-7(14)10-6(1-2-9(17)16-20)11(12(18)19)15-8(10)4-5/h3-4,15,20H,1-2H2,(H,16,17)(H,18,19). The molecule has 0 saturated heterocycles. The Morgan fingerprint density at radius 2 is 2.00 bits per heavy atom. The number of carboxylic acids is 1. The number of aromatic carboxylic acids is 1. The topological polar surface area (TPSA) is 102 Å². The zero-order chi connectivity index (χ0) is 14.9. The first-order valence-electron chi connectivity index (χ1n) is 5.60. The summed E-state index contributed by atoms with van der Waals surface area (Å²) >= 11 is 12.0. The SMILES string of the molecule is O=C(CCc1c(C(=O)O)[nH]c2cc(Cl)cc(Cl)c12)NO. The number of hydrogen-bond donors (Lipinski definition) is 4. The highest BCUT2D eigenvalue weighted by atomic mass is 35.5. The van der Waals surface area contributed by atoms with Crippen LogP contribution in [0.3, 0.4) is 0 Å². The molecule has 0 bridgehead atoms. The second-order valence-electron chi connectivity index (χ2n) is 4.13. The Kier molecular flexibility index (Phi) is 4.17. The Morgan fingerprint density at radius 1 is 1.30 bits per heavy atom. The maximum Gasteiger partial charge on any atom is 0.352 e. The average molecular weight is 317 g/mol. The van der Waals surface area contributed by atoms with Crippen molar-refractivity contribution in [2.45, 2.75) is 12.8 Å². The highest BCUT2D eigenvalue weighted by molar-refractivity contribution is 6.39. The molecule has 1 heterocycles. The first-order valence-corrected chi connectivity index (χ1v) is 6.35. The van der Waals surface area contributed by atoms with Crippen LogP contribution in [0.4, 0.5) is 0 Å². The normalized spacial score (nSPS) is 10.8. The highest BCUT2D eigenvalue weighted by Crippen LogP contribution is 2.33. The number of aryl methyl sites for hydroxylation is 1. The zero-order valence-electron chi connectivity index (χ0n) is 10.0. The van der Waals surface area contributed by atoms with Crippen molar-refractivity contribution in [3.8, 4) is 0 Å². The van der Waals surface area contributed by atoms with Gasteiger partial charge < -0.3 is 10.1 Å². The van der Waals surface area contributed by atoms with Gasteiger partial charge in [-0.2, -0.15) is 0 Å². The molecule has 1 aromatic heterocycles. The summed E-state index contributed by atoms with van der Waals surface area (Å²) in [5.41, 5.74) is 2.34. The Bertz CT molecular complexity index is 696. The number of halogens is 2. The first-order chi connectivity index (χ1) is 9.43. The molecule has 0 fully saturated rings. The third-order valence-electron chi connectivity index (χ3n) is 2.86. The van der Waals surface area contributed by atoms with E-state index in [9.17, 15) is 14.7 Å². The molecule has 0 saturated carbocycles. The molecule has 0 aliphatic rings. The number of aromatic nitrogens is 1. The highest BCUT2D eigenvalue weighted by Gasteiger charge is 2.20. The molecule has 1 amide bonds. The minimum absolute atomic E-state index is 0.0464. The molecule has 0 unspecified atom stereocenters. The quantitative estimate of drug-likeness (QED) is 0.514. The molecule has 2 aromatic rings. The van der Waals surface area contributed by atoms with Gasteiger partial charge in [-0.05, 0) is 24.1 Å². The molecule has 6 nitrogen and oxygen atoms in total. The number of benzene rings is 1. The summed E-state index contributed by atoms with van der Waals surface area (Å²) in [5.74, 6) is -1.77. The number of carbonyl (C=O) groups is 2. The lowest BCUT2D eigenvalue weighted by atomic mass is 10.0. The Morgan fingerprint density at radius 3 is 2.60 bits per heavy atom. The molecule has 8 heteroatoms. The molecule has 0 aliphatic carbocycles. The molecule has 0 radical (unpaired) electrons. The minimum Gasteiger partial charge on any atom is -0.477 e. The van der Waals surface area contributed by atoms with Gasteiger partial charge in [0.25, 0.3) is 0 Å². The predicted molar refractivity (Wildman–Crippen MR) is 73.5 cm³/mol. The molecule has 106 valence electrons. The molecule has 0 spiro atoms. The van der Waals surface area contributed by atoms with Gasteiger partial charge in [0.05, 0.1) is 5.02 Å². The van der Waals surface area contributed by atoms with E-state index < -0.39 is 11.9 Å². The number of rotatable bonds is 4. The van der Waals surface area contributed by atoms with Crippen molar-refractivity contribution in [1.82, 2.24) is 10.5 Å². The fourth-order valence-electron chi connectivity index (χ4n) is 2.04. The van der Waals surface area contributed by atoms with Crippen molar-refractivity contribution in [2.24, 2.45) is 0 Å². The summed E-state index contributed by atoms with van der Waals surface area (Å²) in [6.45, 7) is 0.